The number of hydrogen-bond donors (Lipinski definition) is 1. The van der Waals surface area contributed by atoms with Crippen LogP contribution in [-0.4, -0.2) is 40.4 Å². The van der Waals surface area contributed by atoms with E-state index in [0.29, 0.717) is 48.2 Å². The van der Waals surface area contributed by atoms with Crippen LogP contribution in [0.4, 0.5) is 8.78 Å². The van der Waals surface area contributed by atoms with Crippen LogP contribution in [0.1, 0.15) is 30.1 Å². The van der Waals surface area contributed by atoms with Gasteiger partial charge in [0, 0.05) is 18.0 Å². The number of rotatable bonds is 3. The lowest BCUT2D eigenvalue weighted by molar-refractivity contribution is -0.00212. The predicted octanol–water partition coefficient (Wildman–Crippen LogP) is 2.99. The summed E-state index contributed by atoms with van der Waals surface area (Å²) in [5.74, 6) is -2.80. The molecule has 1 aliphatic rings. The Hall–Kier alpha value is -1.14. The molecule has 1 N–H and O–H groups in total. The van der Waals surface area contributed by atoms with E-state index in [0.717, 1.165) is 0 Å². The van der Waals surface area contributed by atoms with Gasteiger partial charge >= 0.3 is 0 Å². The van der Waals surface area contributed by atoms with Gasteiger partial charge in [-0.2, -0.15) is 8.78 Å². The maximum Gasteiger partial charge on any atom is 0.288 e. The second kappa shape index (κ2) is 6.10. The van der Waals surface area contributed by atoms with Crippen LogP contribution in [-0.2, 0) is 0 Å². The molecule has 0 aliphatic carbocycles. The summed E-state index contributed by atoms with van der Waals surface area (Å²) in [7, 11) is 0. The highest BCUT2D eigenvalue weighted by Crippen LogP contribution is 2.30. The third-order valence-electron chi connectivity index (χ3n) is 3.46. The zero-order valence-electron chi connectivity index (χ0n) is 11.2. The van der Waals surface area contributed by atoms with Gasteiger partial charge in [-0.25, -0.2) is 0 Å². The van der Waals surface area contributed by atoms with E-state index >= 15 is 0 Å². The van der Waals surface area contributed by atoms with Crippen molar-refractivity contribution < 1.29 is 18.7 Å². The first-order chi connectivity index (χ1) is 9.39. The molecule has 1 heterocycles. The average Bonchev–Trinajstić information content (AvgIpc) is 2.38. The Bertz CT molecular complexity index is 484. The fourth-order valence-electron chi connectivity index (χ4n) is 2.20. The summed E-state index contributed by atoms with van der Waals surface area (Å²) >= 11 is 0.387. The van der Waals surface area contributed by atoms with E-state index < -0.39 is 11.4 Å². The largest absolute Gasteiger partial charge is 0.390 e. The predicted molar refractivity (Wildman–Crippen MR) is 74.1 cm³/mol. The van der Waals surface area contributed by atoms with Crippen LogP contribution < -0.4 is 0 Å². The summed E-state index contributed by atoms with van der Waals surface area (Å²) in [5, 5.41) is 9.88. The van der Waals surface area contributed by atoms with Crippen LogP contribution >= 0.6 is 11.8 Å². The number of carbonyl (C=O) groups is 1. The van der Waals surface area contributed by atoms with E-state index in [9.17, 15) is 18.7 Å². The number of alkyl halides is 2. The molecule has 1 saturated heterocycles. The Morgan fingerprint density at radius 1 is 1.35 bits per heavy atom. The molecule has 0 bridgehead atoms. The van der Waals surface area contributed by atoms with Gasteiger partial charge in [0.2, 0.25) is 0 Å². The zero-order chi connectivity index (χ0) is 14.8. The molecule has 110 valence electrons. The number of hydrogen-bond acceptors (Lipinski definition) is 3. The van der Waals surface area contributed by atoms with Crippen LogP contribution in [0.3, 0.4) is 0 Å². The van der Waals surface area contributed by atoms with Gasteiger partial charge in [-0.05, 0) is 31.9 Å². The molecule has 0 unspecified atom stereocenters. The first kappa shape index (κ1) is 15.3. The van der Waals surface area contributed by atoms with E-state index in [1.165, 1.54) is 6.07 Å². The molecule has 1 fully saturated rings. The molecular weight excluding hydrogens is 284 g/mol. The molecule has 1 aromatic carbocycles. The molecule has 0 atom stereocenters. The number of aliphatic hydroxyl groups is 1. The van der Waals surface area contributed by atoms with Gasteiger partial charge in [-0.1, -0.05) is 23.9 Å². The average molecular weight is 301 g/mol. The van der Waals surface area contributed by atoms with Crippen molar-refractivity contribution in [3.05, 3.63) is 29.8 Å². The zero-order valence-corrected chi connectivity index (χ0v) is 12.0. The van der Waals surface area contributed by atoms with Crippen molar-refractivity contribution in [3.8, 4) is 0 Å². The summed E-state index contributed by atoms with van der Waals surface area (Å²) in [6.45, 7) is 2.63. The first-order valence-corrected chi connectivity index (χ1v) is 7.32. The van der Waals surface area contributed by atoms with E-state index in [1.54, 1.807) is 30.0 Å². The molecule has 1 aromatic rings. The standard InChI is InChI=1S/C14H17F2NO2S/c1-14(19)6-8-17(9-7-14)12(18)10-4-2-3-5-11(10)20-13(15)16/h2-5,13,19H,6-9H2,1H3. The molecule has 0 aromatic heterocycles. The minimum Gasteiger partial charge on any atom is -0.390 e. The van der Waals surface area contributed by atoms with Crippen molar-refractivity contribution >= 4 is 17.7 Å². The lowest BCUT2D eigenvalue weighted by Crippen LogP contribution is -2.45. The van der Waals surface area contributed by atoms with E-state index in [2.05, 4.69) is 0 Å². The number of piperidine rings is 1. The molecule has 1 aliphatic heterocycles. The minimum atomic E-state index is -2.55. The minimum absolute atomic E-state index is 0.246. The molecule has 0 radical (unpaired) electrons. The smallest absolute Gasteiger partial charge is 0.288 e. The summed E-state index contributed by atoms with van der Waals surface area (Å²) in [6, 6.07) is 6.41. The molecule has 0 saturated carbocycles. The second-order valence-corrected chi connectivity index (χ2v) is 6.20. The number of likely N-dealkylation sites (tertiary alicyclic amines) is 1. The molecule has 2 rings (SSSR count). The number of amides is 1. The van der Waals surface area contributed by atoms with Crippen LogP contribution in [0.5, 0.6) is 0 Å². The highest BCUT2D eigenvalue weighted by atomic mass is 32.2. The molecule has 6 heteroatoms. The van der Waals surface area contributed by atoms with Crippen molar-refractivity contribution in [2.75, 3.05) is 13.1 Å². The van der Waals surface area contributed by atoms with Gasteiger partial charge in [0.15, 0.2) is 0 Å². The molecule has 3 nitrogen and oxygen atoms in total. The van der Waals surface area contributed by atoms with Gasteiger partial charge < -0.3 is 10.0 Å². The SMILES string of the molecule is CC1(O)CCN(C(=O)c2ccccc2SC(F)F)CC1. The summed E-state index contributed by atoms with van der Waals surface area (Å²) in [5.41, 5.74) is -0.437. The summed E-state index contributed by atoms with van der Waals surface area (Å²) in [4.78, 5) is 14.3. The van der Waals surface area contributed by atoms with Gasteiger partial charge in [0.05, 0.1) is 11.2 Å². The molecule has 20 heavy (non-hydrogen) atoms. The maximum absolute atomic E-state index is 12.5. The molecular formula is C14H17F2NO2S. The number of halogens is 2. The maximum atomic E-state index is 12.5. The van der Waals surface area contributed by atoms with Crippen LogP contribution in [0.15, 0.2) is 29.2 Å². The third kappa shape index (κ3) is 3.70. The summed E-state index contributed by atoms with van der Waals surface area (Å²) in [6.07, 6.45) is 1.01. The number of nitrogens with zero attached hydrogens (tertiary/aromatic N) is 1. The van der Waals surface area contributed by atoms with Crippen molar-refractivity contribution in [1.82, 2.24) is 4.90 Å². The Morgan fingerprint density at radius 3 is 2.55 bits per heavy atom. The van der Waals surface area contributed by atoms with Gasteiger partial charge in [0.25, 0.3) is 11.7 Å². The van der Waals surface area contributed by atoms with Crippen molar-refractivity contribution in [2.24, 2.45) is 0 Å². The fourth-order valence-corrected chi connectivity index (χ4v) is 2.84. The number of benzene rings is 1. The Labute approximate surface area is 121 Å². The van der Waals surface area contributed by atoms with Crippen LogP contribution in [0.25, 0.3) is 0 Å². The highest BCUT2D eigenvalue weighted by molar-refractivity contribution is 7.99. The monoisotopic (exact) mass is 301 g/mol. The van der Waals surface area contributed by atoms with Crippen molar-refractivity contribution in [2.45, 2.75) is 36.0 Å². The van der Waals surface area contributed by atoms with Gasteiger partial charge in [-0.15, -0.1) is 0 Å². The normalized spacial score (nSPS) is 18.4. The van der Waals surface area contributed by atoms with Crippen LogP contribution in [0.2, 0.25) is 0 Å². The van der Waals surface area contributed by atoms with Crippen molar-refractivity contribution in [1.29, 1.82) is 0 Å². The van der Waals surface area contributed by atoms with E-state index in [1.807, 2.05) is 0 Å². The van der Waals surface area contributed by atoms with Crippen LogP contribution in [0, 0.1) is 0 Å². The van der Waals surface area contributed by atoms with Gasteiger partial charge in [0.1, 0.15) is 0 Å². The summed E-state index contributed by atoms with van der Waals surface area (Å²) < 4.78 is 25.0. The number of carbonyl (C=O) groups excluding carboxylic acids is 1. The number of thioether (sulfide) groups is 1. The fraction of sp³-hybridized carbons (Fsp3) is 0.500. The Balaban J connectivity index is 2.13. The van der Waals surface area contributed by atoms with E-state index in [-0.39, 0.29) is 5.91 Å². The molecule has 0 spiro atoms. The second-order valence-electron chi connectivity index (χ2n) is 5.16. The molecule has 1 amide bonds. The first-order valence-electron chi connectivity index (χ1n) is 6.44. The lowest BCUT2D eigenvalue weighted by atomic mass is 9.93. The van der Waals surface area contributed by atoms with Crippen molar-refractivity contribution in [3.63, 3.8) is 0 Å². The van der Waals surface area contributed by atoms with Gasteiger partial charge in [-0.3, -0.25) is 4.79 Å². The third-order valence-corrected chi connectivity index (χ3v) is 4.25. The highest BCUT2D eigenvalue weighted by Gasteiger charge is 2.30. The Kier molecular flexibility index (Phi) is 4.65. The Morgan fingerprint density at radius 2 is 1.95 bits per heavy atom. The lowest BCUT2D eigenvalue weighted by Gasteiger charge is -2.36. The topological polar surface area (TPSA) is 40.5 Å². The quantitative estimate of drug-likeness (QED) is 0.873. The van der Waals surface area contributed by atoms with E-state index in [4.69, 9.17) is 0 Å².